The molecule has 0 radical (unpaired) electrons. The molecule has 1 aromatic rings. The molecule has 2 saturated heterocycles. The van der Waals surface area contributed by atoms with Crippen LogP contribution in [0.15, 0.2) is 24.3 Å². The lowest BCUT2D eigenvalue weighted by Gasteiger charge is -2.34. The highest BCUT2D eigenvalue weighted by atomic mass is 32.2. The van der Waals surface area contributed by atoms with Crippen molar-refractivity contribution in [1.29, 1.82) is 0 Å². The summed E-state index contributed by atoms with van der Waals surface area (Å²) >= 11 is 1.36. The van der Waals surface area contributed by atoms with E-state index in [0.717, 1.165) is 50.0 Å². The number of nitrogens with one attached hydrogen (secondary N) is 1. The highest BCUT2D eigenvalue weighted by Gasteiger charge is 2.32. The van der Waals surface area contributed by atoms with Gasteiger partial charge in [-0.25, -0.2) is 0 Å². The second-order valence-electron chi connectivity index (χ2n) is 8.00. The van der Waals surface area contributed by atoms with Crippen molar-refractivity contribution in [1.82, 2.24) is 9.80 Å². The number of piperidine rings is 1. The maximum atomic E-state index is 12.7. The van der Waals surface area contributed by atoms with Gasteiger partial charge in [-0.2, -0.15) is 0 Å². The van der Waals surface area contributed by atoms with Crippen molar-refractivity contribution in [3.63, 3.8) is 0 Å². The van der Waals surface area contributed by atoms with E-state index in [9.17, 15) is 14.4 Å². The molecule has 3 amide bonds. The molecule has 1 unspecified atom stereocenters. The van der Waals surface area contributed by atoms with Crippen LogP contribution in [-0.4, -0.2) is 64.7 Å². The van der Waals surface area contributed by atoms with Crippen LogP contribution in [0.4, 0.5) is 5.69 Å². The minimum atomic E-state index is -0.274. The number of amides is 3. The Morgan fingerprint density at radius 1 is 1.03 bits per heavy atom. The summed E-state index contributed by atoms with van der Waals surface area (Å²) in [5.74, 6) is 0.522. The average Bonchev–Trinajstić information content (AvgIpc) is 3.27. The molecule has 0 saturated carbocycles. The Labute approximate surface area is 177 Å². The number of nitrogens with zero attached hydrogens (tertiary/aromatic N) is 2. The first kappa shape index (κ1) is 21.7. The molecule has 0 aliphatic carbocycles. The molecule has 2 fully saturated rings. The summed E-state index contributed by atoms with van der Waals surface area (Å²) in [5.41, 5.74) is 1.91. The Morgan fingerprint density at radius 3 is 2.28 bits per heavy atom. The van der Waals surface area contributed by atoms with Gasteiger partial charge in [-0.3, -0.25) is 14.4 Å². The van der Waals surface area contributed by atoms with E-state index >= 15 is 0 Å². The second kappa shape index (κ2) is 10.1. The number of anilines is 1. The molecule has 1 atom stereocenters. The molecule has 2 aliphatic heterocycles. The third-order valence-electron chi connectivity index (χ3n) is 5.72. The quantitative estimate of drug-likeness (QED) is 0.773. The molecule has 0 aromatic heterocycles. The lowest BCUT2D eigenvalue weighted by Crippen LogP contribution is -2.46. The highest BCUT2D eigenvalue weighted by Crippen LogP contribution is 2.24. The normalized spacial score (nSPS) is 18.6. The zero-order chi connectivity index (χ0) is 20.8. The van der Waals surface area contributed by atoms with Gasteiger partial charge >= 0.3 is 0 Å². The fourth-order valence-electron chi connectivity index (χ4n) is 3.91. The van der Waals surface area contributed by atoms with E-state index in [1.165, 1.54) is 11.8 Å². The molecule has 0 spiro atoms. The van der Waals surface area contributed by atoms with Gasteiger partial charge in [0.05, 0.1) is 11.0 Å². The van der Waals surface area contributed by atoms with Crippen molar-refractivity contribution in [2.24, 2.45) is 5.92 Å². The maximum Gasteiger partial charge on any atom is 0.235 e. The minimum Gasteiger partial charge on any atom is -0.342 e. The Kier molecular flexibility index (Phi) is 7.58. The molecule has 29 heavy (non-hydrogen) atoms. The van der Waals surface area contributed by atoms with Gasteiger partial charge < -0.3 is 15.1 Å². The SMILES string of the molecule is Cc1ccc(NC(=O)CSC(C)C(=O)N2CCC(C(=O)N3CCCC3)CC2)cc1. The molecular weight excluding hydrogens is 386 g/mol. The molecule has 1 aromatic carbocycles. The fraction of sp³-hybridized carbons (Fsp3) is 0.591. The molecule has 2 aliphatic rings. The van der Waals surface area contributed by atoms with Gasteiger partial charge in [-0.1, -0.05) is 17.7 Å². The van der Waals surface area contributed by atoms with Crippen LogP contribution in [0, 0.1) is 12.8 Å². The standard InChI is InChI=1S/C22H31N3O3S/c1-16-5-7-19(8-6-16)23-20(26)15-29-17(2)21(27)25-13-9-18(10-14-25)22(28)24-11-3-4-12-24/h5-8,17-18H,3-4,9-15H2,1-2H3,(H,23,26). The van der Waals surface area contributed by atoms with Gasteiger partial charge in [0.15, 0.2) is 0 Å². The zero-order valence-corrected chi connectivity index (χ0v) is 18.2. The Bertz CT molecular complexity index is 723. The Morgan fingerprint density at radius 2 is 1.66 bits per heavy atom. The van der Waals surface area contributed by atoms with Gasteiger partial charge in [-0.05, 0) is 51.7 Å². The number of benzene rings is 1. The zero-order valence-electron chi connectivity index (χ0n) is 17.4. The molecule has 3 rings (SSSR count). The number of thioether (sulfide) groups is 1. The van der Waals surface area contributed by atoms with E-state index in [2.05, 4.69) is 5.32 Å². The van der Waals surface area contributed by atoms with Gasteiger partial charge in [-0.15, -0.1) is 11.8 Å². The van der Waals surface area contributed by atoms with Crippen LogP contribution >= 0.6 is 11.8 Å². The molecule has 6 nitrogen and oxygen atoms in total. The van der Waals surface area contributed by atoms with Crippen LogP contribution in [0.3, 0.4) is 0 Å². The Balaban J connectivity index is 1.39. The van der Waals surface area contributed by atoms with Crippen molar-refractivity contribution >= 4 is 35.2 Å². The fourth-order valence-corrected chi connectivity index (χ4v) is 4.67. The van der Waals surface area contributed by atoms with Crippen LogP contribution in [0.1, 0.15) is 38.2 Å². The first-order valence-electron chi connectivity index (χ1n) is 10.5. The van der Waals surface area contributed by atoms with E-state index in [4.69, 9.17) is 0 Å². The molecule has 158 valence electrons. The molecule has 0 bridgehead atoms. The largest absolute Gasteiger partial charge is 0.342 e. The second-order valence-corrected chi connectivity index (χ2v) is 9.33. The van der Waals surface area contributed by atoms with E-state index < -0.39 is 0 Å². The van der Waals surface area contributed by atoms with Gasteiger partial charge in [0.2, 0.25) is 17.7 Å². The summed E-state index contributed by atoms with van der Waals surface area (Å²) in [7, 11) is 0. The van der Waals surface area contributed by atoms with Crippen LogP contribution < -0.4 is 5.32 Å². The van der Waals surface area contributed by atoms with Crippen LogP contribution in [-0.2, 0) is 14.4 Å². The van der Waals surface area contributed by atoms with Gasteiger partial charge in [0, 0.05) is 37.8 Å². The van der Waals surface area contributed by atoms with Crippen molar-refractivity contribution in [2.45, 2.75) is 44.8 Å². The number of aryl methyl sites for hydroxylation is 1. The lowest BCUT2D eigenvalue weighted by molar-refractivity contribution is -0.139. The summed E-state index contributed by atoms with van der Waals surface area (Å²) in [5, 5.41) is 2.59. The number of hydrogen-bond acceptors (Lipinski definition) is 4. The van der Waals surface area contributed by atoms with Crippen molar-refractivity contribution in [2.75, 3.05) is 37.2 Å². The molecule has 2 heterocycles. The van der Waals surface area contributed by atoms with Crippen molar-refractivity contribution in [3.8, 4) is 0 Å². The van der Waals surface area contributed by atoms with Gasteiger partial charge in [0.25, 0.3) is 0 Å². The number of hydrogen-bond donors (Lipinski definition) is 1. The van der Waals surface area contributed by atoms with Crippen LogP contribution in [0.5, 0.6) is 0 Å². The third-order valence-corrected chi connectivity index (χ3v) is 6.85. The van der Waals surface area contributed by atoms with E-state index in [0.29, 0.717) is 13.1 Å². The van der Waals surface area contributed by atoms with E-state index in [1.807, 2.05) is 47.9 Å². The number of carbonyl (C=O) groups excluding carboxylic acids is 3. The smallest absolute Gasteiger partial charge is 0.235 e. The predicted octanol–water partition coefficient (Wildman–Crippen LogP) is 2.92. The average molecular weight is 418 g/mol. The summed E-state index contributed by atoms with van der Waals surface area (Å²) in [6, 6.07) is 7.65. The molecular formula is C22H31N3O3S. The number of rotatable bonds is 6. The summed E-state index contributed by atoms with van der Waals surface area (Å²) in [4.78, 5) is 41.2. The third kappa shape index (κ3) is 5.98. The summed E-state index contributed by atoms with van der Waals surface area (Å²) in [6.45, 7) is 6.88. The first-order valence-corrected chi connectivity index (χ1v) is 11.5. The van der Waals surface area contributed by atoms with E-state index in [1.54, 1.807) is 0 Å². The minimum absolute atomic E-state index is 0.0559. The lowest BCUT2D eigenvalue weighted by atomic mass is 9.95. The highest BCUT2D eigenvalue weighted by molar-refractivity contribution is 8.01. The Hall–Kier alpha value is -2.02. The number of carbonyl (C=O) groups is 3. The maximum absolute atomic E-state index is 12.7. The van der Waals surface area contributed by atoms with Gasteiger partial charge in [0.1, 0.15) is 0 Å². The van der Waals surface area contributed by atoms with E-state index in [-0.39, 0.29) is 34.6 Å². The molecule has 7 heteroatoms. The van der Waals surface area contributed by atoms with Crippen LogP contribution in [0.2, 0.25) is 0 Å². The topological polar surface area (TPSA) is 69.7 Å². The predicted molar refractivity (Wildman–Crippen MR) is 117 cm³/mol. The summed E-state index contributed by atoms with van der Waals surface area (Å²) < 4.78 is 0. The monoisotopic (exact) mass is 417 g/mol. The first-order chi connectivity index (χ1) is 13.9. The molecule has 1 N–H and O–H groups in total. The number of likely N-dealkylation sites (tertiary alicyclic amines) is 2. The summed E-state index contributed by atoms with van der Waals surface area (Å²) in [6.07, 6.45) is 3.70. The van der Waals surface area contributed by atoms with Crippen molar-refractivity contribution in [3.05, 3.63) is 29.8 Å². The van der Waals surface area contributed by atoms with Crippen LogP contribution in [0.25, 0.3) is 0 Å². The van der Waals surface area contributed by atoms with Crippen molar-refractivity contribution < 1.29 is 14.4 Å².